The fourth-order valence-corrected chi connectivity index (χ4v) is 2.30. The van der Waals surface area contributed by atoms with E-state index in [1.54, 1.807) is 31.2 Å². The summed E-state index contributed by atoms with van der Waals surface area (Å²) in [6.07, 6.45) is 0. The highest BCUT2D eigenvalue weighted by Crippen LogP contribution is 2.15. The summed E-state index contributed by atoms with van der Waals surface area (Å²) in [5, 5.41) is 3.56. The maximum atomic E-state index is 12.1. The van der Waals surface area contributed by atoms with Crippen LogP contribution in [0.2, 0.25) is 0 Å². The summed E-state index contributed by atoms with van der Waals surface area (Å²) in [5.74, 6) is 0.0106. The number of anilines is 1. The summed E-state index contributed by atoms with van der Waals surface area (Å²) in [4.78, 5) is 27.9. The van der Waals surface area contributed by atoms with Gasteiger partial charge in [-0.3, -0.25) is 10.1 Å². The maximum Gasteiger partial charge on any atom is 0.349 e. The van der Waals surface area contributed by atoms with Crippen molar-refractivity contribution in [1.29, 1.82) is 0 Å². The van der Waals surface area contributed by atoms with Gasteiger partial charge in [-0.15, -0.1) is 0 Å². The molecule has 0 aliphatic heterocycles. The van der Waals surface area contributed by atoms with E-state index in [9.17, 15) is 9.59 Å². The number of nitrogens with zero attached hydrogens (tertiary/aromatic N) is 2. The van der Waals surface area contributed by atoms with Crippen molar-refractivity contribution in [2.75, 3.05) is 5.32 Å². The van der Waals surface area contributed by atoms with Crippen LogP contribution in [0.3, 0.4) is 0 Å². The van der Waals surface area contributed by atoms with E-state index in [4.69, 9.17) is 4.42 Å². The fraction of sp³-hybridized carbons (Fsp3) is 0.0769. The second-order valence-corrected chi connectivity index (χ2v) is 4.84. The van der Waals surface area contributed by atoms with Crippen LogP contribution < -0.4 is 10.9 Å². The Morgan fingerprint density at radius 2 is 2.15 bits per heavy atom. The molecule has 0 unspecified atom stereocenters. The number of hydrogen-bond donors (Lipinski definition) is 1. The van der Waals surface area contributed by atoms with Crippen LogP contribution in [0.25, 0.3) is 11.0 Å². The standard InChI is InChI=1S/C13H9N3O3S/c1-7-14-13(20-16-7)15-11(17)9-6-8-4-2-3-5-10(8)19-12(9)18/h2-6H,1H3,(H,14,15,16,17). The summed E-state index contributed by atoms with van der Waals surface area (Å²) >= 11 is 1.06. The Bertz CT molecular complexity index is 853. The minimum Gasteiger partial charge on any atom is -0.422 e. The smallest absolute Gasteiger partial charge is 0.349 e. The van der Waals surface area contributed by atoms with Crippen molar-refractivity contribution in [2.45, 2.75) is 6.92 Å². The molecule has 0 spiro atoms. The Labute approximate surface area is 117 Å². The molecule has 0 saturated heterocycles. The first-order chi connectivity index (χ1) is 9.63. The number of fused-ring (bicyclic) bond motifs is 1. The molecule has 0 fully saturated rings. The highest BCUT2D eigenvalue weighted by atomic mass is 32.1. The number of amides is 1. The number of carbonyl (C=O) groups excluding carboxylic acids is 1. The highest BCUT2D eigenvalue weighted by molar-refractivity contribution is 7.09. The van der Waals surface area contributed by atoms with Gasteiger partial charge >= 0.3 is 5.63 Å². The molecular formula is C13H9N3O3S. The van der Waals surface area contributed by atoms with Gasteiger partial charge in [0.15, 0.2) is 0 Å². The monoisotopic (exact) mass is 287 g/mol. The number of nitrogens with one attached hydrogen (secondary N) is 1. The second-order valence-electron chi connectivity index (χ2n) is 4.09. The van der Waals surface area contributed by atoms with Crippen molar-refractivity contribution in [1.82, 2.24) is 9.36 Å². The third-order valence-corrected chi connectivity index (χ3v) is 3.36. The van der Waals surface area contributed by atoms with E-state index < -0.39 is 11.5 Å². The summed E-state index contributed by atoms with van der Waals surface area (Å²) in [6, 6.07) is 8.51. The van der Waals surface area contributed by atoms with E-state index in [1.165, 1.54) is 6.07 Å². The minimum atomic E-state index is -0.678. The molecule has 0 aliphatic carbocycles. The molecule has 1 N–H and O–H groups in total. The van der Waals surface area contributed by atoms with Crippen molar-refractivity contribution >= 4 is 33.5 Å². The predicted octanol–water partition coefficient (Wildman–Crippen LogP) is 2.21. The molecule has 3 aromatic rings. The molecule has 0 atom stereocenters. The van der Waals surface area contributed by atoms with Crippen molar-refractivity contribution < 1.29 is 9.21 Å². The normalized spacial score (nSPS) is 10.7. The molecule has 2 heterocycles. The molecule has 1 amide bonds. The predicted molar refractivity (Wildman–Crippen MR) is 75.1 cm³/mol. The van der Waals surface area contributed by atoms with Crippen LogP contribution in [0.1, 0.15) is 16.2 Å². The molecule has 20 heavy (non-hydrogen) atoms. The first kappa shape index (κ1) is 12.5. The number of rotatable bonds is 2. The summed E-state index contributed by atoms with van der Waals surface area (Å²) in [6.45, 7) is 1.72. The third-order valence-electron chi connectivity index (χ3n) is 2.63. The first-order valence-electron chi connectivity index (χ1n) is 5.78. The molecule has 1 aromatic carbocycles. The van der Waals surface area contributed by atoms with E-state index in [2.05, 4.69) is 14.7 Å². The summed E-state index contributed by atoms with van der Waals surface area (Å²) in [5.41, 5.74) is -0.292. The Balaban J connectivity index is 1.98. The van der Waals surface area contributed by atoms with Crippen LogP contribution in [-0.4, -0.2) is 15.3 Å². The van der Waals surface area contributed by atoms with Crippen molar-refractivity contribution in [3.05, 3.63) is 52.1 Å². The van der Waals surface area contributed by atoms with Crippen LogP contribution in [0.4, 0.5) is 5.13 Å². The molecule has 0 bridgehead atoms. The topological polar surface area (TPSA) is 85.1 Å². The van der Waals surface area contributed by atoms with Gasteiger partial charge < -0.3 is 4.42 Å². The van der Waals surface area contributed by atoms with Gasteiger partial charge in [-0.1, -0.05) is 18.2 Å². The zero-order valence-electron chi connectivity index (χ0n) is 10.4. The molecular weight excluding hydrogens is 278 g/mol. The van der Waals surface area contributed by atoms with E-state index in [-0.39, 0.29) is 5.56 Å². The van der Waals surface area contributed by atoms with Gasteiger partial charge in [-0.2, -0.15) is 4.37 Å². The van der Waals surface area contributed by atoms with Gasteiger partial charge in [-0.05, 0) is 19.1 Å². The molecule has 3 rings (SSSR count). The van der Waals surface area contributed by atoms with Crippen LogP contribution in [0.15, 0.2) is 39.5 Å². The zero-order chi connectivity index (χ0) is 14.1. The molecule has 6 nitrogen and oxygen atoms in total. The lowest BCUT2D eigenvalue weighted by Gasteiger charge is -2.01. The quantitative estimate of drug-likeness (QED) is 0.730. The summed E-state index contributed by atoms with van der Waals surface area (Å²) < 4.78 is 9.06. The average molecular weight is 287 g/mol. The van der Waals surface area contributed by atoms with Gasteiger partial charge in [-0.25, -0.2) is 9.78 Å². The fourth-order valence-electron chi connectivity index (χ4n) is 1.73. The Morgan fingerprint density at radius 3 is 2.90 bits per heavy atom. The number of aryl methyl sites for hydroxylation is 1. The average Bonchev–Trinajstić information content (AvgIpc) is 2.83. The lowest BCUT2D eigenvalue weighted by Crippen LogP contribution is -2.20. The first-order valence-corrected chi connectivity index (χ1v) is 6.55. The SMILES string of the molecule is Cc1nsc(NC(=O)c2cc3ccccc3oc2=O)n1. The molecule has 2 aromatic heterocycles. The highest BCUT2D eigenvalue weighted by Gasteiger charge is 2.15. The van der Waals surface area contributed by atoms with Crippen molar-refractivity contribution in [2.24, 2.45) is 0 Å². The van der Waals surface area contributed by atoms with Crippen LogP contribution in [0.5, 0.6) is 0 Å². The molecule has 0 radical (unpaired) electrons. The number of carbonyl (C=O) groups is 1. The van der Waals surface area contributed by atoms with E-state index in [0.29, 0.717) is 21.9 Å². The van der Waals surface area contributed by atoms with Crippen LogP contribution in [0, 0.1) is 6.92 Å². The lowest BCUT2D eigenvalue weighted by atomic mass is 10.2. The Hall–Kier alpha value is -2.54. The van der Waals surface area contributed by atoms with Crippen molar-refractivity contribution in [3.63, 3.8) is 0 Å². The van der Waals surface area contributed by atoms with Gasteiger partial charge in [0.05, 0.1) is 0 Å². The maximum absolute atomic E-state index is 12.1. The molecule has 0 saturated carbocycles. The third kappa shape index (κ3) is 2.30. The van der Waals surface area contributed by atoms with Crippen LogP contribution >= 0.6 is 11.5 Å². The van der Waals surface area contributed by atoms with E-state index in [0.717, 1.165) is 11.5 Å². The number of para-hydroxylation sites is 1. The van der Waals surface area contributed by atoms with E-state index in [1.807, 2.05) is 0 Å². The van der Waals surface area contributed by atoms with E-state index >= 15 is 0 Å². The lowest BCUT2D eigenvalue weighted by molar-refractivity contribution is 0.102. The summed E-state index contributed by atoms with van der Waals surface area (Å²) in [7, 11) is 0. The minimum absolute atomic E-state index is 0.0587. The Morgan fingerprint density at radius 1 is 1.35 bits per heavy atom. The number of aromatic nitrogens is 2. The number of hydrogen-bond acceptors (Lipinski definition) is 6. The van der Waals surface area contributed by atoms with Gasteiger partial charge in [0.2, 0.25) is 5.13 Å². The molecule has 7 heteroatoms. The molecule has 0 aliphatic rings. The zero-order valence-corrected chi connectivity index (χ0v) is 11.2. The molecule has 100 valence electrons. The van der Waals surface area contributed by atoms with Gasteiger partial charge in [0, 0.05) is 16.9 Å². The number of benzene rings is 1. The second kappa shape index (κ2) is 4.86. The largest absolute Gasteiger partial charge is 0.422 e. The van der Waals surface area contributed by atoms with Gasteiger partial charge in [0.25, 0.3) is 5.91 Å². The van der Waals surface area contributed by atoms with Gasteiger partial charge in [0.1, 0.15) is 17.0 Å². The van der Waals surface area contributed by atoms with Crippen molar-refractivity contribution in [3.8, 4) is 0 Å². The van der Waals surface area contributed by atoms with Crippen LogP contribution in [-0.2, 0) is 0 Å². The Kier molecular flexibility index (Phi) is 3.03.